The van der Waals surface area contributed by atoms with Crippen LogP contribution in [-0.4, -0.2) is 20.4 Å². The second kappa shape index (κ2) is 7.85. The van der Waals surface area contributed by atoms with Crippen LogP contribution in [0.5, 0.6) is 0 Å². The standard InChI is InChI=1S/C28H22N4O2/c1-18(2)31-17-20(21-10-5-7-13-24(21)31)16-29-32-27(26-15-19-9-3-8-14-25(19)34-26)30-23-12-6-4-11-22(23)28(32)33/h3-18H,1-2H3. The number of hydrogen-bond acceptors (Lipinski definition) is 4. The number of nitrogens with zero attached hydrogens (tertiary/aromatic N) is 4. The van der Waals surface area contributed by atoms with Gasteiger partial charge in [-0.05, 0) is 44.2 Å². The van der Waals surface area contributed by atoms with Crippen LogP contribution < -0.4 is 5.56 Å². The van der Waals surface area contributed by atoms with E-state index in [9.17, 15) is 4.79 Å². The Kier molecular flexibility index (Phi) is 4.66. The van der Waals surface area contributed by atoms with E-state index in [0.29, 0.717) is 28.5 Å². The third-order valence-electron chi connectivity index (χ3n) is 6.04. The lowest BCUT2D eigenvalue weighted by Crippen LogP contribution is -2.20. The zero-order chi connectivity index (χ0) is 23.2. The van der Waals surface area contributed by atoms with Crippen molar-refractivity contribution >= 4 is 39.0 Å². The molecule has 0 atom stereocenters. The maximum Gasteiger partial charge on any atom is 0.282 e. The van der Waals surface area contributed by atoms with Crippen LogP contribution in [0.25, 0.3) is 44.4 Å². The van der Waals surface area contributed by atoms with Gasteiger partial charge in [0.25, 0.3) is 5.56 Å². The van der Waals surface area contributed by atoms with Crippen LogP contribution in [0.3, 0.4) is 0 Å². The monoisotopic (exact) mass is 446 g/mol. The van der Waals surface area contributed by atoms with Crippen LogP contribution >= 0.6 is 0 Å². The Morgan fingerprint density at radius 3 is 2.50 bits per heavy atom. The molecule has 34 heavy (non-hydrogen) atoms. The Hall–Kier alpha value is -4.45. The summed E-state index contributed by atoms with van der Waals surface area (Å²) >= 11 is 0. The van der Waals surface area contributed by atoms with Gasteiger partial charge in [0, 0.05) is 34.1 Å². The third-order valence-corrected chi connectivity index (χ3v) is 6.04. The minimum absolute atomic E-state index is 0.245. The van der Waals surface area contributed by atoms with Crippen molar-refractivity contribution in [3.8, 4) is 11.6 Å². The maximum atomic E-state index is 13.5. The summed E-state index contributed by atoms with van der Waals surface area (Å²) in [6, 6.07) is 25.4. The van der Waals surface area contributed by atoms with Gasteiger partial charge >= 0.3 is 0 Å². The molecule has 0 bridgehead atoms. The lowest BCUT2D eigenvalue weighted by Gasteiger charge is -2.08. The van der Waals surface area contributed by atoms with Gasteiger partial charge in [0.15, 0.2) is 5.76 Å². The molecule has 0 fully saturated rings. The van der Waals surface area contributed by atoms with Crippen molar-refractivity contribution in [2.45, 2.75) is 19.9 Å². The summed E-state index contributed by atoms with van der Waals surface area (Å²) in [6.07, 6.45) is 3.80. The van der Waals surface area contributed by atoms with E-state index >= 15 is 0 Å². The van der Waals surface area contributed by atoms with Crippen LogP contribution in [0.1, 0.15) is 25.5 Å². The van der Waals surface area contributed by atoms with Gasteiger partial charge < -0.3 is 8.98 Å². The molecule has 6 nitrogen and oxygen atoms in total. The zero-order valence-electron chi connectivity index (χ0n) is 18.8. The summed E-state index contributed by atoms with van der Waals surface area (Å²) in [5, 5.41) is 7.16. The second-order valence-corrected chi connectivity index (χ2v) is 8.57. The first-order chi connectivity index (χ1) is 16.6. The average molecular weight is 447 g/mol. The van der Waals surface area contributed by atoms with E-state index in [1.165, 1.54) is 4.68 Å². The molecule has 0 unspecified atom stereocenters. The van der Waals surface area contributed by atoms with E-state index in [1.807, 2.05) is 60.7 Å². The van der Waals surface area contributed by atoms with Gasteiger partial charge in [0.2, 0.25) is 5.82 Å². The fourth-order valence-corrected chi connectivity index (χ4v) is 4.36. The molecule has 0 spiro atoms. The molecule has 0 radical (unpaired) electrons. The van der Waals surface area contributed by atoms with Gasteiger partial charge in [-0.3, -0.25) is 4.79 Å². The van der Waals surface area contributed by atoms with Crippen molar-refractivity contribution in [2.24, 2.45) is 5.10 Å². The van der Waals surface area contributed by atoms with Crippen molar-refractivity contribution in [1.82, 2.24) is 14.2 Å². The Labute approximate surface area is 195 Å². The highest BCUT2D eigenvalue weighted by atomic mass is 16.3. The molecule has 166 valence electrons. The van der Waals surface area contributed by atoms with E-state index in [4.69, 9.17) is 9.40 Å². The van der Waals surface area contributed by atoms with Gasteiger partial charge in [-0.1, -0.05) is 48.5 Å². The molecule has 3 aromatic carbocycles. The van der Waals surface area contributed by atoms with Crippen LogP contribution in [0, 0.1) is 0 Å². The molecule has 0 aliphatic rings. The van der Waals surface area contributed by atoms with E-state index in [2.05, 4.69) is 41.8 Å². The first-order valence-corrected chi connectivity index (χ1v) is 11.2. The fraction of sp³-hybridized carbons (Fsp3) is 0.107. The number of furan rings is 1. The Balaban J connectivity index is 1.58. The summed E-state index contributed by atoms with van der Waals surface area (Å²) in [6.45, 7) is 4.29. The number of para-hydroxylation sites is 3. The van der Waals surface area contributed by atoms with Gasteiger partial charge in [0.05, 0.1) is 17.1 Å². The van der Waals surface area contributed by atoms with Gasteiger partial charge in [0.1, 0.15) is 5.58 Å². The first kappa shape index (κ1) is 20.2. The summed E-state index contributed by atoms with van der Waals surface area (Å²) in [7, 11) is 0. The summed E-state index contributed by atoms with van der Waals surface area (Å²) in [4.78, 5) is 18.3. The quantitative estimate of drug-likeness (QED) is 0.302. The molecular formula is C28H22N4O2. The normalized spacial score (nSPS) is 12.1. The van der Waals surface area contributed by atoms with Crippen LogP contribution in [0.15, 0.2) is 99.4 Å². The second-order valence-electron chi connectivity index (χ2n) is 8.57. The Morgan fingerprint density at radius 2 is 1.68 bits per heavy atom. The smallest absolute Gasteiger partial charge is 0.282 e. The van der Waals surface area contributed by atoms with Gasteiger partial charge in [-0.2, -0.15) is 9.78 Å². The van der Waals surface area contributed by atoms with Crippen LogP contribution in [-0.2, 0) is 0 Å². The SMILES string of the molecule is CC(C)n1cc(C=Nn2c(-c3cc4ccccc4o3)nc3ccccc3c2=O)c2ccccc21. The van der Waals surface area contributed by atoms with Gasteiger partial charge in [-0.25, -0.2) is 4.98 Å². The topological polar surface area (TPSA) is 65.3 Å². The molecule has 3 heterocycles. The van der Waals surface area contributed by atoms with Crippen molar-refractivity contribution in [3.05, 3.63) is 101 Å². The molecule has 0 saturated carbocycles. The van der Waals surface area contributed by atoms with Crippen LogP contribution in [0.4, 0.5) is 0 Å². The van der Waals surface area contributed by atoms with E-state index < -0.39 is 0 Å². The molecule has 0 N–H and O–H groups in total. The molecule has 6 heteroatoms. The number of fused-ring (bicyclic) bond motifs is 3. The molecule has 0 saturated heterocycles. The molecule has 3 aromatic heterocycles. The Bertz CT molecular complexity index is 1740. The van der Waals surface area contributed by atoms with Crippen molar-refractivity contribution in [3.63, 3.8) is 0 Å². The minimum Gasteiger partial charge on any atom is -0.453 e. The highest BCUT2D eigenvalue weighted by Crippen LogP contribution is 2.27. The summed E-state index contributed by atoms with van der Waals surface area (Å²) in [5.41, 5.74) is 3.14. The maximum absolute atomic E-state index is 13.5. The molecule has 6 aromatic rings. The predicted octanol–water partition coefficient (Wildman–Crippen LogP) is 6.23. The lowest BCUT2D eigenvalue weighted by molar-refractivity contribution is 0.616. The Morgan fingerprint density at radius 1 is 0.941 bits per heavy atom. The summed E-state index contributed by atoms with van der Waals surface area (Å²) in [5.74, 6) is 0.856. The number of benzene rings is 3. The minimum atomic E-state index is -0.245. The van der Waals surface area contributed by atoms with Crippen LogP contribution in [0.2, 0.25) is 0 Å². The molecule has 6 rings (SSSR count). The molecule has 0 aliphatic heterocycles. The number of rotatable bonds is 4. The lowest BCUT2D eigenvalue weighted by atomic mass is 10.2. The van der Waals surface area contributed by atoms with E-state index in [0.717, 1.165) is 27.4 Å². The van der Waals surface area contributed by atoms with Crippen molar-refractivity contribution < 1.29 is 4.42 Å². The zero-order valence-corrected chi connectivity index (χ0v) is 18.8. The molecular weight excluding hydrogens is 424 g/mol. The van der Waals surface area contributed by atoms with Crippen molar-refractivity contribution in [1.29, 1.82) is 0 Å². The summed E-state index contributed by atoms with van der Waals surface area (Å²) < 4.78 is 9.60. The van der Waals surface area contributed by atoms with Crippen molar-refractivity contribution in [2.75, 3.05) is 0 Å². The molecule has 0 aliphatic carbocycles. The number of hydrogen-bond donors (Lipinski definition) is 0. The van der Waals surface area contributed by atoms with Gasteiger partial charge in [-0.15, -0.1) is 0 Å². The molecule has 0 amide bonds. The first-order valence-electron chi connectivity index (χ1n) is 11.2. The predicted molar refractivity (Wildman–Crippen MR) is 137 cm³/mol. The van der Waals surface area contributed by atoms with E-state index in [1.54, 1.807) is 12.3 Å². The van der Waals surface area contributed by atoms with E-state index in [-0.39, 0.29) is 5.56 Å². The number of aromatic nitrogens is 3. The highest BCUT2D eigenvalue weighted by molar-refractivity contribution is 5.99. The average Bonchev–Trinajstić information content (AvgIpc) is 3.45. The third kappa shape index (κ3) is 3.23. The highest BCUT2D eigenvalue weighted by Gasteiger charge is 2.17. The fourth-order valence-electron chi connectivity index (χ4n) is 4.36. The largest absolute Gasteiger partial charge is 0.453 e.